The maximum absolute atomic E-state index is 15.0. The van der Waals surface area contributed by atoms with Crippen molar-refractivity contribution in [2.24, 2.45) is 0 Å². The van der Waals surface area contributed by atoms with E-state index in [1.165, 1.54) is 30.6 Å². The molecule has 5 aromatic rings. The molecule has 3 aliphatic rings. The summed E-state index contributed by atoms with van der Waals surface area (Å²) in [6.45, 7) is 1.55. The number of piperidine rings is 1. The zero-order valence-electron chi connectivity index (χ0n) is 34.1. The average Bonchev–Trinajstić information content (AvgIpc) is 3.91. The first-order valence-electron chi connectivity index (χ1n) is 20.6. The predicted octanol–water partition coefficient (Wildman–Crippen LogP) is 5.04. The third-order valence-corrected chi connectivity index (χ3v) is 11.3. The second-order valence-corrected chi connectivity index (χ2v) is 15.6. The van der Waals surface area contributed by atoms with Gasteiger partial charge in [-0.05, 0) is 85.2 Å². The lowest BCUT2D eigenvalue weighted by atomic mass is 10.0. The van der Waals surface area contributed by atoms with E-state index in [1.54, 1.807) is 11.0 Å². The van der Waals surface area contributed by atoms with Crippen LogP contribution in [0.3, 0.4) is 0 Å². The van der Waals surface area contributed by atoms with Crippen molar-refractivity contribution in [1.82, 2.24) is 30.1 Å². The molecule has 1 saturated heterocycles. The summed E-state index contributed by atoms with van der Waals surface area (Å²) in [6.07, 6.45) is 0.627. The van der Waals surface area contributed by atoms with Gasteiger partial charge in [0.15, 0.2) is 0 Å². The van der Waals surface area contributed by atoms with Crippen molar-refractivity contribution in [1.29, 1.82) is 0 Å². The highest BCUT2D eigenvalue weighted by molar-refractivity contribution is 6.23. The molecule has 0 bridgehead atoms. The first kappa shape index (κ1) is 43.3. The number of benzene rings is 3. The van der Waals surface area contributed by atoms with E-state index in [2.05, 4.69) is 30.7 Å². The van der Waals surface area contributed by atoms with Crippen LogP contribution < -0.4 is 31.3 Å². The number of nitrogens with one attached hydrogen (secondary N) is 3. The van der Waals surface area contributed by atoms with Crippen molar-refractivity contribution in [3.63, 3.8) is 0 Å². The standard InChI is InChI=1S/C44H41F4N9O7/c45-31-20-28-29(43(63)57(42(28)62)34-10-11-36(59)54-41(34)61)21-32(31)50-13-2-1-7-35(58)51-14-4-15-55-22-30(38-39(49)52-23-53-40(38)55)25-8-9-33-26(19-25)12-16-56(33)37(60)18-24-5-3-6-27(17-24)64-44(46,47)48/h3,5-6,8-9,17,19-23,34,50H,1-2,4,7,10-16,18H2,(H,51,58)(H2,49,52,53)(H,54,59,61). The van der Waals surface area contributed by atoms with Gasteiger partial charge in [0, 0.05) is 56.5 Å². The molecule has 5 heterocycles. The highest BCUT2D eigenvalue weighted by atomic mass is 19.4. The number of unbranched alkanes of at least 4 members (excludes halogenated alkanes) is 1. The molecule has 64 heavy (non-hydrogen) atoms. The van der Waals surface area contributed by atoms with Gasteiger partial charge in [0.1, 0.15) is 35.4 Å². The Kier molecular flexibility index (Phi) is 12.0. The van der Waals surface area contributed by atoms with Gasteiger partial charge in [-0.3, -0.25) is 39.0 Å². The summed E-state index contributed by atoms with van der Waals surface area (Å²) in [5, 5.41) is 8.61. The van der Waals surface area contributed by atoms with Crippen molar-refractivity contribution < 1.29 is 51.1 Å². The fraction of sp³-hybridized carbons (Fsp3) is 0.318. The summed E-state index contributed by atoms with van der Waals surface area (Å²) in [5.74, 6) is -4.08. The Bertz CT molecular complexity index is 2720. The van der Waals surface area contributed by atoms with E-state index in [4.69, 9.17) is 5.73 Å². The average molecular weight is 884 g/mol. The normalized spacial score (nSPS) is 16.0. The van der Waals surface area contributed by atoms with Crippen LogP contribution in [0.2, 0.25) is 0 Å². The van der Waals surface area contributed by atoms with Gasteiger partial charge >= 0.3 is 6.36 Å². The monoisotopic (exact) mass is 883 g/mol. The highest BCUT2D eigenvalue weighted by Crippen LogP contribution is 2.38. The molecule has 8 rings (SSSR count). The second kappa shape index (κ2) is 17.8. The Balaban J connectivity index is 0.813. The molecule has 0 aliphatic carbocycles. The first-order chi connectivity index (χ1) is 30.6. The molecular formula is C44H41F4N9O7. The topological polar surface area (TPSA) is 211 Å². The van der Waals surface area contributed by atoms with Gasteiger partial charge in [-0.25, -0.2) is 14.4 Å². The fourth-order valence-corrected chi connectivity index (χ4v) is 8.31. The number of amides is 6. The molecule has 2 aromatic heterocycles. The Morgan fingerprint density at radius 2 is 1.72 bits per heavy atom. The third kappa shape index (κ3) is 9.06. The number of aryl methyl sites for hydroxylation is 1. The van der Waals surface area contributed by atoms with Gasteiger partial charge < -0.3 is 30.6 Å². The molecule has 0 saturated carbocycles. The number of nitrogen functional groups attached to an aromatic ring is 1. The van der Waals surface area contributed by atoms with E-state index in [0.717, 1.165) is 27.7 Å². The summed E-state index contributed by atoms with van der Waals surface area (Å²) in [7, 11) is 0. The number of nitrogens with two attached hydrogens (primary N) is 1. The smallest absolute Gasteiger partial charge is 0.406 e. The SMILES string of the molecule is Nc1ncnc2c1c(-c1ccc3c(c1)CCN3C(=O)Cc1cccc(OC(F)(F)F)c1)cn2CCCNC(=O)CCCCNc1cc2c(cc1F)C(=O)N(C1CCC(=O)NC1=O)C2=O. The summed E-state index contributed by atoms with van der Waals surface area (Å²) < 4.78 is 59.1. The lowest BCUT2D eigenvalue weighted by molar-refractivity contribution is -0.274. The van der Waals surface area contributed by atoms with Crippen molar-refractivity contribution in [2.45, 2.75) is 70.3 Å². The van der Waals surface area contributed by atoms with Crippen LogP contribution in [0.15, 0.2) is 67.1 Å². The molecule has 0 spiro atoms. The van der Waals surface area contributed by atoms with E-state index in [1.807, 2.05) is 29.0 Å². The maximum Gasteiger partial charge on any atom is 0.573 e. The van der Waals surface area contributed by atoms with Crippen LogP contribution in [-0.4, -0.2) is 86.9 Å². The lowest BCUT2D eigenvalue weighted by Gasteiger charge is -2.27. The van der Waals surface area contributed by atoms with E-state index in [9.17, 15) is 46.3 Å². The lowest BCUT2D eigenvalue weighted by Crippen LogP contribution is -2.54. The largest absolute Gasteiger partial charge is 0.573 e. The molecule has 5 N–H and O–H groups in total. The van der Waals surface area contributed by atoms with Crippen LogP contribution in [0.25, 0.3) is 22.2 Å². The predicted molar refractivity (Wildman–Crippen MR) is 223 cm³/mol. The second-order valence-electron chi connectivity index (χ2n) is 15.6. The number of fused-ring (bicyclic) bond motifs is 3. The molecule has 16 nitrogen and oxygen atoms in total. The Morgan fingerprint density at radius 1 is 0.922 bits per heavy atom. The van der Waals surface area contributed by atoms with Gasteiger partial charge in [-0.15, -0.1) is 13.2 Å². The van der Waals surface area contributed by atoms with E-state index < -0.39 is 47.6 Å². The van der Waals surface area contributed by atoms with E-state index >= 15 is 0 Å². The maximum atomic E-state index is 15.0. The molecule has 3 aromatic carbocycles. The number of imide groups is 2. The number of carbonyl (C=O) groups excluding carboxylic acids is 6. The van der Waals surface area contributed by atoms with Gasteiger partial charge in [-0.1, -0.05) is 18.2 Å². The van der Waals surface area contributed by atoms with Crippen LogP contribution in [-0.2, 0) is 38.6 Å². The molecular weight excluding hydrogens is 843 g/mol. The summed E-state index contributed by atoms with van der Waals surface area (Å²) in [5.41, 5.74) is 10.4. The highest BCUT2D eigenvalue weighted by Gasteiger charge is 2.45. The fourth-order valence-electron chi connectivity index (χ4n) is 8.31. The molecule has 3 aliphatic heterocycles. The van der Waals surface area contributed by atoms with Crippen molar-refractivity contribution in [2.75, 3.05) is 35.6 Å². The molecule has 1 fully saturated rings. The molecule has 6 amide bonds. The van der Waals surface area contributed by atoms with Crippen molar-refractivity contribution in [3.05, 3.63) is 95.2 Å². The third-order valence-electron chi connectivity index (χ3n) is 11.3. The van der Waals surface area contributed by atoms with Crippen molar-refractivity contribution >= 4 is 63.7 Å². The zero-order chi connectivity index (χ0) is 45.3. The molecule has 332 valence electrons. The van der Waals surface area contributed by atoms with Gasteiger partial charge in [-0.2, -0.15) is 0 Å². The van der Waals surface area contributed by atoms with Crippen LogP contribution in [0.5, 0.6) is 5.75 Å². The molecule has 1 atom stereocenters. The van der Waals surface area contributed by atoms with Crippen LogP contribution in [0.1, 0.15) is 70.4 Å². The van der Waals surface area contributed by atoms with E-state index in [0.29, 0.717) is 67.6 Å². The number of halogens is 4. The number of hydrogen-bond acceptors (Lipinski definition) is 11. The minimum absolute atomic E-state index is 0.000933. The molecule has 0 radical (unpaired) electrons. The number of hydrogen-bond donors (Lipinski definition) is 4. The molecule has 20 heteroatoms. The Hall–Kier alpha value is -7.38. The van der Waals surface area contributed by atoms with Crippen LogP contribution in [0.4, 0.5) is 34.8 Å². The Morgan fingerprint density at radius 3 is 2.50 bits per heavy atom. The van der Waals surface area contributed by atoms with Crippen LogP contribution in [0, 0.1) is 5.82 Å². The van der Waals surface area contributed by atoms with Gasteiger partial charge in [0.2, 0.25) is 23.6 Å². The Labute approximate surface area is 362 Å². The van der Waals surface area contributed by atoms with E-state index in [-0.39, 0.29) is 66.7 Å². The van der Waals surface area contributed by atoms with Gasteiger partial charge in [0.25, 0.3) is 11.8 Å². The van der Waals surface area contributed by atoms with Crippen LogP contribution >= 0.6 is 0 Å². The summed E-state index contributed by atoms with van der Waals surface area (Å²) in [4.78, 5) is 87.0. The quantitative estimate of drug-likeness (QED) is 0.0622. The first-order valence-corrected chi connectivity index (χ1v) is 20.6. The van der Waals surface area contributed by atoms with Crippen molar-refractivity contribution in [3.8, 4) is 16.9 Å². The number of anilines is 3. The number of ether oxygens (including phenoxy) is 1. The summed E-state index contributed by atoms with van der Waals surface area (Å²) in [6, 6.07) is 12.1. The zero-order valence-corrected chi connectivity index (χ0v) is 34.1. The van der Waals surface area contributed by atoms with Gasteiger partial charge in [0.05, 0.1) is 28.6 Å². The molecule has 1 unspecified atom stereocenters. The number of rotatable bonds is 15. The number of alkyl halides is 3. The number of nitrogens with zero attached hydrogens (tertiary/aromatic N) is 5. The summed E-state index contributed by atoms with van der Waals surface area (Å²) >= 11 is 0. The minimum atomic E-state index is -4.84. The minimum Gasteiger partial charge on any atom is -0.406 e. The number of aromatic nitrogens is 3. The number of carbonyl (C=O) groups is 6.